The molecule has 0 aromatic carbocycles. The third kappa shape index (κ3) is 3.71. The van der Waals surface area contributed by atoms with Gasteiger partial charge in [-0.1, -0.05) is 17.7 Å². The first kappa shape index (κ1) is 20.1. The second-order valence-corrected chi connectivity index (χ2v) is 8.26. The number of nitrogens with zero attached hydrogens (tertiary/aromatic N) is 3. The van der Waals surface area contributed by atoms with Gasteiger partial charge in [0.25, 0.3) is 5.91 Å². The number of likely N-dealkylation sites (N-methyl/N-ethyl adjacent to an activating group) is 1. The number of hydrogen-bond donors (Lipinski definition) is 1. The second-order valence-electron chi connectivity index (χ2n) is 7.26. The molecule has 0 saturated heterocycles. The maximum atomic E-state index is 13.2. The zero-order valence-electron chi connectivity index (χ0n) is 15.8. The Hall–Kier alpha value is -1.63. The summed E-state index contributed by atoms with van der Waals surface area (Å²) in [6.45, 7) is 2.51. The summed E-state index contributed by atoms with van der Waals surface area (Å²) in [5, 5.41) is 0.537. The van der Waals surface area contributed by atoms with Gasteiger partial charge in [-0.3, -0.25) is 14.6 Å². The number of amides is 2. The highest BCUT2D eigenvalue weighted by Gasteiger charge is 2.38. The molecule has 1 aliphatic carbocycles. The topological polar surface area (TPSA) is 79.5 Å². The molecule has 27 heavy (non-hydrogen) atoms. The van der Waals surface area contributed by atoms with Crippen LogP contribution in [0.15, 0.2) is 11.1 Å². The van der Waals surface area contributed by atoms with Crippen LogP contribution >= 0.6 is 23.2 Å². The molecule has 2 aliphatic rings. The van der Waals surface area contributed by atoms with E-state index < -0.39 is 0 Å². The Bertz CT molecular complexity index is 822. The van der Waals surface area contributed by atoms with Crippen molar-refractivity contribution in [1.82, 2.24) is 14.8 Å². The van der Waals surface area contributed by atoms with E-state index in [4.69, 9.17) is 28.9 Å². The molecule has 0 radical (unpaired) electrons. The number of carbonyl (C=O) groups excluding carboxylic acids is 2. The van der Waals surface area contributed by atoms with Gasteiger partial charge >= 0.3 is 0 Å². The standard InChI is InChI=1S/C19H24Cl2N4O2/c1-10-13(7-22)17(12-5-4-11(20)6-14(12)21)18-15(23-10)8-25(19(18)27)9-16(26)24(2)3/h6,11-12H,4-5,7-9,22H2,1-3H3. The van der Waals surface area contributed by atoms with Crippen LogP contribution in [0.3, 0.4) is 0 Å². The Balaban J connectivity index is 2.08. The number of nitrogens with two attached hydrogens (primary N) is 1. The number of hydrogen-bond acceptors (Lipinski definition) is 4. The van der Waals surface area contributed by atoms with E-state index in [0.29, 0.717) is 22.8 Å². The largest absolute Gasteiger partial charge is 0.347 e. The van der Waals surface area contributed by atoms with Gasteiger partial charge in [0.05, 0.1) is 23.2 Å². The molecule has 2 unspecified atom stereocenters. The van der Waals surface area contributed by atoms with E-state index >= 15 is 0 Å². The lowest BCUT2D eigenvalue weighted by Gasteiger charge is -2.27. The van der Waals surface area contributed by atoms with Gasteiger partial charge in [0.1, 0.15) is 6.54 Å². The van der Waals surface area contributed by atoms with Crippen molar-refractivity contribution in [2.24, 2.45) is 5.73 Å². The summed E-state index contributed by atoms with van der Waals surface area (Å²) in [6.07, 6.45) is 3.36. The fourth-order valence-electron chi connectivity index (χ4n) is 3.78. The lowest BCUT2D eigenvalue weighted by atomic mass is 9.82. The molecule has 8 heteroatoms. The maximum absolute atomic E-state index is 13.2. The van der Waals surface area contributed by atoms with Gasteiger partial charge in [-0.15, -0.1) is 11.6 Å². The number of fused-ring (bicyclic) bond motifs is 1. The van der Waals surface area contributed by atoms with Crippen molar-refractivity contribution in [2.75, 3.05) is 20.6 Å². The number of halogens is 2. The lowest BCUT2D eigenvalue weighted by molar-refractivity contribution is -0.129. The first-order valence-corrected chi connectivity index (χ1v) is 9.79. The van der Waals surface area contributed by atoms with Crippen molar-refractivity contribution in [1.29, 1.82) is 0 Å². The number of alkyl halides is 1. The van der Waals surface area contributed by atoms with Crippen molar-refractivity contribution in [3.8, 4) is 0 Å². The SMILES string of the molecule is Cc1nc2c(c(C3CCC(Cl)C=C3Cl)c1CN)C(=O)N(CC(=O)N(C)C)C2. The molecule has 2 amide bonds. The van der Waals surface area contributed by atoms with Gasteiger partial charge in [-0.25, -0.2) is 0 Å². The summed E-state index contributed by atoms with van der Waals surface area (Å²) < 4.78 is 0. The highest BCUT2D eigenvalue weighted by atomic mass is 35.5. The highest BCUT2D eigenvalue weighted by molar-refractivity contribution is 6.32. The van der Waals surface area contributed by atoms with Crippen LogP contribution in [-0.2, 0) is 17.9 Å². The Labute approximate surface area is 169 Å². The van der Waals surface area contributed by atoms with Crippen molar-refractivity contribution in [2.45, 2.75) is 44.1 Å². The van der Waals surface area contributed by atoms with Crippen molar-refractivity contribution < 1.29 is 9.59 Å². The molecule has 2 atom stereocenters. The van der Waals surface area contributed by atoms with Crippen LogP contribution < -0.4 is 5.73 Å². The molecule has 0 spiro atoms. The molecule has 1 aromatic heterocycles. The Kier molecular flexibility index (Phi) is 5.79. The van der Waals surface area contributed by atoms with E-state index in [1.54, 1.807) is 14.1 Å². The summed E-state index contributed by atoms with van der Waals surface area (Å²) in [7, 11) is 3.34. The van der Waals surface area contributed by atoms with Crippen molar-refractivity contribution in [3.05, 3.63) is 39.2 Å². The minimum Gasteiger partial charge on any atom is -0.347 e. The van der Waals surface area contributed by atoms with Crippen molar-refractivity contribution >= 4 is 35.0 Å². The minimum absolute atomic E-state index is 0.0244. The van der Waals surface area contributed by atoms with Crippen LogP contribution in [0, 0.1) is 6.92 Å². The fraction of sp³-hybridized carbons (Fsp3) is 0.526. The smallest absolute Gasteiger partial charge is 0.256 e. The monoisotopic (exact) mass is 410 g/mol. The third-order valence-electron chi connectivity index (χ3n) is 5.25. The Morgan fingerprint density at radius 3 is 2.70 bits per heavy atom. The minimum atomic E-state index is -0.185. The summed E-state index contributed by atoms with van der Waals surface area (Å²) >= 11 is 12.7. The number of carbonyl (C=O) groups is 2. The lowest BCUT2D eigenvalue weighted by Crippen LogP contribution is -2.37. The number of aromatic nitrogens is 1. The zero-order valence-corrected chi connectivity index (χ0v) is 17.3. The van der Waals surface area contributed by atoms with Gasteiger partial charge in [0.2, 0.25) is 5.91 Å². The van der Waals surface area contributed by atoms with Crippen LogP contribution in [-0.4, -0.2) is 52.6 Å². The van der Waals surface area contributed by atoms with E-state index in [1.807, 2.05) is 13.0 Å². The van der Waals surface area contributed by atoms with E-state index in [0.717, 1.165) is 29.7 Å². The van der Waals surface area contributed by atoms with Gasteiger partial charge in [-0.2, -0.15) is 0 Å². The zero-order chi connectivity index (χ0) is 19.9. The van der Waals surface area contributed by atoms with Gasteiger partial charge in [0, 0.05) is 37.3 Å². The van der Waals surface area contributed by atoms with E-state index in [1.165, 1.54) is 9.80 Å². The fourth-order valence-corrected chi connectivity index (χ4v) is 4.48. The molecule has 2 heterocycles. The molecule has 3 rings (SSSR count). The van der Waals surface area contributed by atoms with Gasteiger partial charge in [0.15, 0.2) is 0 Å². The van der Waals surface area contributed by atoms with Crippen LogP contribution in [0.1, 0.15) is 51.6 Å². The predicted octanol–water partition coefficient (Wildman–Crippen LogP) is 2.50. The normalized spacial score (nSPS) is 21.9. The molecule has 0 saturated carbocycles. The van der Waals surface area contributed by atoms with Crippen LogP contribution in [0.25, 0.3) is 0 Å². The molecular weight excluding hydrogens is 387 g/mol. The number of allylic oxidation sites excluding steroid dienone is 2. The average molecular weight is 411 g/mol. The van der Waals surface area contributed by atoms with Crippen LogP contribution in [0.4, 0.5) is 0 Å². The van der Waals surface area contributed by atoms with Gasteiger partial charge < -0.3 is 15.5 Å². The second kappa shape index (κ2) is 7.78. The summed E-state index contributed by atoms with van der Waals surface area (Å²) in [6, 6.07) is 0. The quantitative estimate of drug-likeness (QED) is 0.773. The molecule has 0 bridgehead atoms. The molecule has 146 valence electrons. The van der Waals surface area contributed by atoms with Crippen LogP contribution in [0.5, 0.6) is 0 Å². The first-order valence-electron chi connectivity index (χ1n) is 8.97. The number of rotatable bonds is 4. The van der Waals surface area contributed by atoms with Crippen LogP contribution in [0.2, 0.25) is 0 Å². The summed E-state index contributed by atoms with van der Waals surface area (Å²) in [5.41, 5.74) is 9.77. The van der Waals surface area contributed by atoms with E-state index in [9.17, 15) is 9.59 Å². The summed E-state index contributed by atoms with van der Waals surface area (Å²) in [5.74, 6) is -0.437. The number of aryl methyl sites for hydroxylation is 1. The molecular formula is C19H24Cl2N4O2. The third-order valence-corrected chi connectivity index (χ3v) is 5.98. The molecule has 1 aromatic rings. The Morgan fingerprint density at radius 2 is 2.11 bits per heavy atom. The molecule has 2 N–H and O–H groups in total. The van der Waals surface area contributed by atoms with E-state index in [-0.39, 0.29) is 36.2 Å². The molecule has 1 aliphatic heterocycles. The van der Waals surface area contributed by atoms with E-state index in [2.05, 4.69) is 4.98 Å². The number of pyridine rings is 1. The first-order chi connectivity index (χ1) is 12.7. The predicted molar refractivity (Wildman–Crippen MR) is 106 cm³/mol. The Morgan fingerprint density at radius 1 is 1.41 bits per heavy atom. The molecule has 6 nitrogen and oxygen atoms in total. The highest BCUT2D eigenvalue weighted by Crippen LogP contribution is 2.43. The van der Waals surface area contributed by atoms with Crippen molar-refractivity contribution in [3.63, 3.8) is 0 Å². The van der Waals surface area contributed by atoms with Gasteiger partial charge in [-0.05, 0) is 30.9 Å². The summed E-state index contributed by atoms with van der Waals surface area (Å²) in [4.78, 5) is 32.9. The maximum Gasteiger partial charge on any atom is 0.256 e. The average Bonchev–Trinajstić information content (AvgIpc) is 2.89. The molecule has 0 fully saturated rings.